The summed E-state index contributed by atoms with van der Waals surface area (Å²) >= 11 is 0. The molecule has 182 valence electrons. The number of likely N-dealkylation sites (tertiary alicyclic amines) is 1. The predicted octanol–water partition coefficient (Wildman–Crippen LogP) is 1.42. The van der Waals surface area contributed by atoms with Crippen LogP contribution in [0.1, 0.15) is 40.0 Å². The first kappa shape index (κ1) is 26.1. The van der Waals surface area contributed by atoms with Gasteiger partial charge in [0.15, 0.2) is 0 Å². The van der Waals surface area contributed by atoms with E-state index in [1.165, 1.54) is 24.9 Å². The predicted molar refractivity (Wildman–Crippen MR) is 120 cm³/mol. The molecule has 3 rings (SSSR count). The Morgan fingerprint density at radius 3 is 2.52 bits per heavy atom. The third kappa shape index (κ3) is 5.62. The van der Waals surface area contributed by atoms with E-state index in [0.717, 1.165) is 18.4 Å². The zero-order valence-corrected chi connectivity index (χ0v) is 19.5. The van der Waals surface area contributed by atoms with Crippen molar-refractivity contribution in [3.8, 4) is 0 Å². The number of nitrogens with zero attached hydrogens (tertiary/aromatic N) is 2. The van der Waals surface area contributed by atoms with Gasteiger partial charge in [0.25, 0.3) is 0 Å². The molecule has 33 heavy (non-hydrogen) atoms. The van der Waals surface area contributed by atoms with Crippen LogP contribution in [0.15, 0.2) is 35.6 Å². The number of aliphatic carboxylic acids is 1. The minimum atomic E-state index is -1.13. The number of amides is 3. The Hall–Kier alpha value is -3.14. The molecule has 2 saturated heterocycles. The van der Waals surface area contributed by atoms with Crippen molar-refractivity contribution in [3.63, 3.8) is 0 Å². The fraction of sp³-hybridized carbons (Fsp3) is 0.565. The summed E-state index contributed by atoms with van der Waals surface area (Å²) in [5.74, 6) is -1.98. The Morgan fingerprint density at radius 1 is 1.33 bits per heavy atom. The quantitative estimate of drug-likeness (QED) is 0.400. The third-order valence-corrected chi connectivity index (χ3v) is 6.09. The van der Waals surface area contributed by atoms with Crippen LogP contribution in [0.4, 0.5) is 4.79 Å². The van der Waals surface area contributed by atoms with E-state index in [1.54, 1.807) is 11.8 Å². The molecule has 0 unspecified atom stereocenters. The van der Waals surface area contributed by atoms with Crippen LogP contribution in [0.25, 0.3) is 0 Å². The summed E-state index contributed by atoms with van der Waals surface area (Å²) in [6.07, 6.45) is 4.44. The highest BCUT2D eigenvalue weighted by atomic mass is 16.5. The molecule has 10 nitrogen and oxygen atoms in total. The van der Waals surface area contributed by atoms with E-state index in [2.05, 4.69) is 16.6 Å². The first-order valence-corrected chi connectivity index (χ1v) is 10.9. The van der Waals surface area contributed by atoms with Crippen LogP contribution in [-0.4, -0.2) is 82.3 Å². The van der Waals surface area contributed by atoms with Crippen molar-refractivity contribution in [1.29, 1.82) is 0 Å². The number of nitrogens with one attached hydrogen (secondary N) is 1. The minimum Gasteiger partial charge on any atom is -0.477 e. The van der Waals surface area contributed by atoms with Crippen molar-refractivity contribution < 1.29 is 34.1 Å². The molecule has 0 saturated carbocycles. The van der Waals surface area contributed by atoms with Crippen LogP contribution in [0.5, 0.6) is 0 Å². The van der Waals surface area contributed by atoms with Gasteiger partial charge >= 0.3 is 12.1 Å². The van der Waals surface area contributed by atoms with Gasteiger partial charge in [0, 0.05) is 20.5 Å². The maximum Gasteiger partial charge on any atom is 0.407 e. The highest BCUT2D eigenvalue weighted by molar-refractivity contribution is 6.00. The number of allylic oxidation sites excluding steroid dienone is 1. The molecule has 0 aromatic rings. The van der Waals surface area contributed by atoms with Gasteiger partial charge in [-0.3, -0.25) is 9.59 Å². The first-order valence-electron chi connectivity index (χ1n) is 10.9. The second kappa shape index (κ2) is 11.1. The standard InChI is InChI=1S/C18H24N2O5.C5H9NO2/c1-9(7-12-5-4-6-19(12)11(3)22)13-8-14-15(10(2)21)17(23)20(14)16(13)18(24)25;1-3-4-8-5(7)6-2/h7,10,12,14-15,21H,4-6,8H2,1-3H3,(H,24,25);3H,1,4H2,2H3,(H,6,7)/t10-,12+,14-,15-;/m1./s1. The fourth-order valence-corrected chi connectivity index (χ4v) is 4.57. The number of carboxylic acids is 1. The molecule has 4 atom stereocenters. The molecule has 3 aliphatic heterocycles. The largest absolute Gasteiger partial charge is 0.477 e. The second-order valence-electron chi connectivity index (χ2n) is 8.29. The van der Waals surface area contributed by atoms with Gasteiger partial charge in [0.1, 0.15) is 12.3 Å². The molecule has 0 aromatic heterocycles. The molecular weight excluding hydrogens is 430 g/mol. The van der Waals surface area contributed by atoms with E-state index in [-0.39, 0.29) is 36.2 Å². The SMILES string of the molecule is C=CCOC(=O)NC.CC(=O)N1CCC[C@H]1C=C(C)C1=C(C(=O)O)N2C(=O)[C@H]([C@@H](C)O)[C@H]2C1. The van der Waals surface area contributed by atoms with Crippen LogP contribution in [0.2, 0.25) is 0 Å². The molecular formula is C23H33N3O7. The van der Waals surface area contributed by atoms with Gasteiger partial charge in [-0.2, -0.15) is 0 Å². The van der Waals surface area contributed by atoms with E-state index in [4.69, 9.17) is 0 Å². The Morgan fingerprint density at radius 2 is 2.00 bits per heavy atom. The van der Waals surface area contributed by atoms with Crippen LogP contribution < -0.4 is 5.32 Å². The van der Waals surface area contributed by atoms with Gasteiger partial charge < -0.3 is 30.1 Å². The van der Waals surface area contributed by atoms with Crippen molar-refractivity contribution in [2.75, 3.05) is 20.2 Å². The monoisotopic (exact) mass is 463 g/mol. The van der Waals surface area contributed by atoms with Gasteiger partial charge in [-0.25, -0.2) is 9.59 Å². The lowest BCUT2D eigenvalue weighted by atomic mass is 9.82. The van der Waals surface area contributed by atoms with E-state index in [1.807, 2.05) is 13.0 Å². The summed E-state index contributed by atoms with van der Waals surface area (Å²) in [4.78, 5) is 49.0. The van der Waals surface area contributed by atoms with Gasteiger partial charge in [0.2, 0.25) is 11.8 Å². The second-order valence-corrected chi connectivity index (χ2v) is 8.29. The van der Waals surface area contributed by atoms with E-state index in [0.29, 0.717) is 18.5 Å². The van der Waals surface area contributed by atoms with E-state index >= 15 is 0 Å². The number of fused-ring (bicyclic) bond motifs is 1. The highest BCUT2D eigenvalue weighted by Gasteiger charge is 2.56. The molecule has 0 radical (unpaired) electrons. The number of ether oxygens (including phenoxy) is 1. The van der Waals surface area contributed by atoms with Crippen LogP contribution in [0, 0.1) is 5.92 Å². The number of carbonyl (C=O) groups is 4. The fourth-order valence-electron chi connectivity index (χ4n) is 4.57. The molecule has 2 fully saturated rings. The zero-order chi connectivity index (χ0) is 24.9. The lowest BCUT2D eigenvalue weighted by molar-refractivity contribution is -0.161. The Bertz CT molecular complexity index is 877. The normalized spacial score (nSPS) is 24.9. The Kier molecular flexibility index (Phi) is 8.81. The third-order valence-electron chi connectivity index (χ3n) is 6.09. The van der Waals surface area contributed by atoms with Crippen molar-refractivity contribution in [1.82, 2.24) is 15.1 Å². The molecule has 0 aromatic carbocycles. The average Bonchev–Trinajstić information content (AvgIpc) is 3.34. The maximum absolute atomic E-state index is 12.2. The molecule has 3 N–H and O–H groups in total. The van der Waals surface area contributed by atoms with Gasteiger partial charge in [-0.15, -0.1) is 0 Å². The maximum atomic E-state index is 12.2. The summed E-state index contributed by atoms with van der Waals surface area (Å²) < 4.78 is 4.47. The summed E-state index contributed by atoms with van der Waals surface area (Å²) in [7, 11) is 1.51. The van der Waals surface area contributed by atoms with Gasteiger partial charge in [0.05, 0.1) is 24.1 Å². The zero-order valence-electron chi connectivity index (χ0n) is 19.5. The number of hydrogen-bond donors (Lipinski definition) is 3. The Balaban J connectivity index is 0.000000414. The number of aliphatic hydroxyl groups is 1. The lowest BCUT2D eigenvalue weighted by Crippen LogP contribution is -2.61. The first-order chi connectivity index (χ1) is 15.5. The smallest absolute Gasteiger partial charge is 0.407 e. The van der Waals surface area contributed by atoms with E-state index < -0.39 is 24.1 Å². The number of rotatable bonds is 6. The van der Waals surface area contributed by atoms with Crippen molar-refractivity contribution in [3.05, 3.63) is 35.6 Å². The molecule has 3 amide bonds. The number of β-lactam (4-membered cyclic amide) rings is 1. The topological polar surface area (TPSA) is 136 Å². The number of aliphatic hydroxyl groups excluding tert-OH is 1. The molecule has 3 aliphatic rings. The van der Waals surface area contributed by atoms with Gasteiger partial charge in [-0.05, 0) is 44.3 Å². The molecule has 3 heterocycles. The number of hydrogen-bond acceptors (Lipinski definition) is 6. The average molecular weight is 464 g/mol. The van der Waals surface area contributed by atoms with E-state index in [9.17, 15) is 29.4 Å². The highest BCUT2D eigenvalue weighted by Crippen LogP contribution is 2.45. The Labute approximate surface area is 193 Å². The molecule has 0 spiro atoms. The summed E-state index contributed by atoms with van der Waals surface area (Å²) in [5, 5.41) is 21.7. The van der Waals surface area contributed by atoms with Crippen molar-refractivity contribution in [2.45, 2.75) is 58.2 Å². The summed E-state index contributed by atoms with van der Waals surface area (Å²) in [5.41, 5.74) is 1.44. The van der Waals surface area contributed by atoms with Crippen molar-refractivity contribution in [2.24, 2.45) is 5.92 Å². The van der Waals surface area contributed by atoms with Crippen LogP contribution >= 0.6 is 0 Å². The summed E-state index contributed by atoms with van der Waals surface area (Å²) in [6, 6.07) is -0.319. The minimum absolute atomic E-state index is 0.0126. The molecule has 10 heteroatoms. The summed E-state index contributed by atoms with van der Waals surface area (Å²) in [6.45, 7) is 9.27. The van der Waals surface area contributed by atoms with Crippen LogP contribution in [-0.2, 0) is 19.1 Å². The number of alkyl carbamates (subject to hydrolysis) is 1. The van der Waals surface area contributed by atoms with Gasteiger partial charge in [-0.1, -0.05) is 18.7 Å². The lowest BCUT2D eigenvalue weighted by Gasteiger charge is -2.44. The number of carbonyl (C=O) groups excluding carboxylic acids is 3. The number of carboxylic acid groups (broad SMARTS) is 1. The molecule has 0 aliphatic carbocycles. The van der Waals surface area contributed by atoms with Crippen LogP contribution in [0.3, 0.4) is 0 Å². The molecule has 0 bridgehead atoms. The van der Waals surface area contributed by atoms with Crippen molar-refractivity contribution >= 4 is 23.9 Å².